The summed E-state index contributed by atoms with van der Waals surface area (Å²) >= 11 is 0. The number of hydrogen-bond donors (Lipinski definition) is 0. The van der Waals surface area contributed by atoms with Gasteiger partial charge in [0.1, 0.15) is 6.10 Å². The molecule has 2 atom stereocenters. The number of hydrogen-bond acceptors (Lipinski definition) is 4. The molecule has 2 aliphatic rings. The van der Waals surface area contributed by atoms with Crippen LogP contribution in [0.4, 0.5) is 5.82 Å². The van der Waals surface area contributed by atoms with Gasteiger partial charge >= 0.3 is 0 Å². The molecule has 0 saturated carbocycles. The maximum absolute atomic E-state index is 6.39. The SMILES string of the molecule is Cl.Cl.Cl.c1ccc(C2CN(C(CN3CCCC3)c3ccccc3)c3ncccc3O2)cc1. The number of ether oxygens (including phenoxy) is 1. The zero-order chi connectivity index (χ0) is 19.5. The molecule has 1 aromatic heterocycles. The first kappa shape index (κ1) is 26.3. The molecule has 3 aromatic rings. The number of anilines is 1. The van der Waals surface area contributed by atoms with Crippen LogP contribution in [0.2, 0.25) is 0 Å². The quantitative estimate of drug-likeness (QED) is 0.427. The van der Waals surface area contributed by atoms with E-state index in [0.717, 1.165) is 24.7 Å². The molecule has 1 saturated heterocycles. The smallest absolute Gasteiger partial charge is 0.172 e. The minimum atomic E-state index is -0.00214. The van der Waals surface area contributed by atoms with Gasteiger partial charge in [-0.25, -0.2) is 4.98 Å². The Labute approximate surface area is 209 Å². The summed E-state index contributed by atoms with van der Waals surface area (Å²) in [7, 11) is 0. The second-order valence-electron chi connectivity index (χ2n) is 7.93. The number of benzene rings is 2. The van der Waals surface area contributed by atoms with Gasteiger partial charge in [0, 0.05) is 12.7 Å². The number of nitrogens with zero attached hydrogens (tertiary/aromatic N) is 3. The highest BCUT2D eigenvalue weighted by atomic mass is 35.5. The second kappa shape index (κ2) is 12.3. The van der Waals surface area contributed by atoms with Crippen molar-refractivity contribution in [3.63, 3.8) is 0 Å². The Morgan fingerprint density at radius 1 is 0.844 bits per heavy atom. The van der Waals surface area contributed by atoms with Gasteiger partial charge in [0.25, 0.3) is 0 Å². The van der Waals surface area contributed by atoms with Crippen LogP contribution in [0.1, 0.15) is 36.1 Å². The van der Waals surface area contributed by atoms with Gasteiger partial charge < -0.3 is 14.5 Å². The molecule has 172 valence electrons. The van der Waals surface area contributed by atoms with E-state index in [2.05, 4.69) is 70.5 Å². The van der Waals surface area contributed by atoms with Crippen LogP contribution in [0.15, 0.2) is 79.0 Å². The molecule has 3 heterocycles. The van der Waals surface area contributed by atoms with Crippen molar-refractivity contribution in [2.75, 3.05) is 31.1 Å². The van der Waals surface area contributed by atoms with Gasteiger partial charge in [-0.1, -0.05) is 60.7 Å². The molecule has 0 aliphatic carbocycles. The fraction of sp³-hybridized carbons (Fsp3) is 0.320. The largest absolute Gasteiger partial charge is 0.480 e. The lowest BCUT2D eigenvalue weighted by Crippen LogP contribution is -2.43. The van der Waals surface area contributed by atoms with Crippen molar-refractivity contribution in [2.24, 2.45) is 0 Å². The predicted octanol–water partition coefficient (Wildman–Crippen LogP) is 6.12. The van der Waals surface area contributed by atoms with E-state index < -0.39 is 0 Å². The highest BCUT2D eigenvalue weighted by molar-refractivity contribution is 5.86. The van der Waals surface area contributed by atoms with Crippen molar-refractivity contribution in [3.8, 4) is 5.75 Å². The lowest BCUT2D eigenvalue weighted by Gasteiger charge is -2.41. The summed E-state index contributed by atoms with van der Waals surface area (Å²) in [5.74, 6) is 1.82. The van der Waals surface area contributed by atoms with E-state index in [1.165, 1.54) is 37.1 Å². The van der Waals surface area contributed by atoms with Crippen LogP contribution in [0.5, 0.6) is 5.75 Å². The number of halogens is 3. The molecule has 2 unspecified atom stereocenters. The van der Waals surface area contributed by atoms with E-state index in [4.69, 9.17) is 9.72 Å². The summed E-state index contributed by atoms with van der Waals surface area (Å²) in [5.41, 5.74) is 2.55. The van der Waals surface area contributed by atoms with Gasteiger partial charge in [0.2, 0.25) is 0 Å². The van der Waals surface area contributed by atoms with Crippen LogP contribution in [-0.4, -0.2) is 36.1 Å². The lowest BCUT2D eigenvalue weighted by molar-refractivity contribution is 0.185. The van der Waals surface area contributed by atoms with Crippen molar-refractivity contribution in [2.45, 2.75) is 25.0 Å². The molecule has 0 N–H and O–H groups in total. The summed E-state index contributed by atoms with van der Waals surface area (Å²) in [5, 5.41) is 0. The Bertz CT molecular complexity index is 939. The van der Waals surface area contributed by atoms with Crippen molar-refractivity contribution in [1.82, 2.24) is 9.88 Å². The Morgan fingerprint density at radius 2 is 1.50 bits per heavy atom. The third-order valence-electron chi connectivity index (χ3n) is 6.02. The summed E-state index contributed by atoms with van der Waals surface area (Å²) in [6.07, 6.45) is 4.46. The van der Waals surface area contributed by atoms with Crippen molar-refractivity contribution in [3.05, 3.63) is 90.1 Å². The van der Waals surface area contributed by atoms with E-state index in [1.807, 2.05) is 18.3 Å². The third-order valence-corrected chi connectivity index (χ3v) is 6.02. The maximum atomic E-state index is 6.39. The molecular weight excluding hydrogens is 465 g/mol. The van der Waals surface area contributed by atoms with Gasteiger partial charge in [-0.05, 0) is 49.2 Å². The standard InChI is InChI=1S/C25H27N3O.3ClH/c1-3-10-20(11-4-1)22(18-27-16-7-8-17-27)28-19-24(21-12-5-2-6-13-21)29-23-14-9-15-26-25(23)28;;;/h1-6,9-15,22,24H,7-8,16-19H2;3*1H. The van der Waals surface area contributed by atoms with Crippen LogP contribution in [0.25, 0.3) is 0 Å². The Balaban J connectivity index is 0.00000121. The maximum Gasteiger partial charge on any atom is 0.172 e. The van der Waals surface area contributed by atoms with E-state index in [0.29, 0.717) is 0 Å². The van der Waals surface area contributed by atoms with E-state index in [-0.39, 0.29) is 49.4 Å². The first-order valence-electron chi connectivity index (χ1n) is 10.6. The number of rotatable bonds is 5. The van der Waals surface area contributed by atoms with Crippen LogP contribution < -0.4 is 9.64 Å². The molecule has 0 radical (unpaired) electrons. The number of likely N-dealkylation sites (tertiary alicyclic amines) is 1. The summed E-state index contributed by atoms with van der Waals surface area (Å²) < 4.78 is 6.39. The predicted molar refractivity (Wildman–Crippen MR) is 138 cm³/mol. The first-order chi connectivity index (χ1) is 14.4. The fourth-order valence-electron chi connectivity index (χ4n) is 4.53. The summed E-state index contributed by atoms with van der Waals surface area (Å²) in [6.45, 7) is 4.18. The summed E-state index contributed by atoms with van der Waals surface area (Å²) in [6, 6.07) is 25.7. The van der Waals surface area contributed by atoms with Crippen LogP contribution in [0.3, 0.4) is 0 Å². The number of pyridine rings is 1. The van der Waals surface area contributed by atoms with Gasteiger partial charge in [0.05, 0.1) is 12.6 Å². The molecular formula is C25H30Cl3N3O. The van der Waals surface area contributed by atoms with E-state index in [1.54, 1.807) is 0 Å². The highest BCUT2D eigenvalue weighted by Gasteiger charge is 2.34. The zero-order valence-corrected chi connectivity index (χ0v) is 20.3. The molecule has 7 heteroatoms. The molecule has 0 spiro atoms. The molecule has 2 aliphatic heterocycles. The lowest BCUT2D eigenvalue weighted by atomic mass is 10.0. The van der Waals surface area contributed by atoms with Crippen LogP contribution in [-0.2, 0) is 0 Å². The minimum Gasteiger partial charge on any atom is -0.480 e. The van der Waals surface area contributed by atoms with Crippen LogP contribution in [0, 0.1) is 0 Å². The third kappa shape index (κ3) is 5.68. The van der Waals surface area contributed by atoms with E-state index in [9.17, 15) is 0 Å². The molecule has 5 rings (SSSR count). The van der Waals surface area contributed by atoms with Crippen molar-refractivity contribution >= 4 is 43.0 Å². The average molecular weight is 495 g/mol. The van der Waals surface area contributed by atoms with Crippen molar-refractivity contribution < 1.29 is 4.74 Å². The Kier molecular flexibility index (Phi) is 10.1. The zero-order valence-electron chi connectivity index (χ0n) is 17.9. The molecule has 32 heavy (non-hydrogen) atoms. The van der Waals surface area contributed by atoms with Crippen LogP contribution >= 0.6 is 37.2 Å². The molecule has 1 fully saturated rings. The Hall–Kier alpha value is -1.98. The number of aromatic nitrogens is 1. The number of fused-ring (bicyclic) bond motifs is 1. The van der Waals surface area contributed by atoms with Gasteiger partial charge in [-0.15, -0.1) is 37.2 Å². The highest BCUT2D eigenvalue weighted by Crippen LogP contribution is 2.41. The normalized spacial score (nSPS) is 18.2. The monoisotopic (exact) mass is 493 g/mol. The second-order valence-corrected chi connectivity index (χ2v) is 7.93. The fourth-order valence-corrected chi connectivity index (χ4v) is 4.53. The molecule has 0 bridgehead atoms. The summed E-state index contributed by atoms with van der Waals surface area (Å²) in [4.78, 5) is 9.79. The Morgan fingerprint density at radius 3 is 2.19 bits per heavy atom. The van der Waals surface area contributed by atoms with Gasteiger partial charge in [0.15, 0.2) is 11.6 Å². The van der Waals surface area contributed by atoms with Crippen molar-refractivity contribution in [1.29, 1.82) is 0 Å². The molecule has 4 nitrogen and oxygen atoms in total. The van der Waals surface area contributed by atoms with Gasteiger partial charge in [-0.2, -0.15) is 0 Å². The minimum absolute atomic E-state index is 0. The molecule has 0 amide bonds. The van der Waals surface area contributed by atoms with Gasteiger partial charge in [-0.3, -0.25) is 0 Å². The average Bonchev–Trinajstić information content (AvgIpc) is 3.31. The first-order valence-corrected chi connectivity index (χ1v) is 10.6. The van der Waals surface area contributed by atoms with E-state index >= 15 is 0 Å². The molecule has 2 aromatic carbocycles. The topological polar surface area (TPSA) is 28.6 Å².